The summed E-state index contributed by atoms with van der Waals surface area (Å²) in [6, 6.07) is 0. The van der Waals surface area contributed by atoms with Crippen molar-refractivity contribution < 1.29 is 0 Å². The number of hydrogen-bond acceptors (Lipinski definition) is 1. The molecule has 0 aromatic rings. The summed E-state index contributed by atoms with van der Waals surface area (Å²) in [5, 5.41) is 0. The first-order valence-corrected chi connectivity index (χ1v) is 10.7. The summed E-state index contributed by atoms with van der Waals surface area (Å²) in [4.78, 5) is 0. The summed E-state index contributed by atoms with van der Waals surface area (Å²) >= 11 is 2.27. The molecule has 0 heterocycles. The summed E-state index contributed by atoms with van der Waals surface area (Å²) in [5.74, 6) is 2.21. The van der Waals surface area contributed by atoms with Crippen LogP contribution in [0.25, 0.3) is 0 Å². The number of rotatable bonds is 15. The summed E-state index contributed by atoms with van der Waals surface area (Å²) in [6.07, 6.45) is 17.0. The van der Waals surface area contributed by atoms with Crippen molar-refractivity contribution in [3.8, 4) is 0 Å². The molecule has 1 heteroatoms. The fourth-order valence-corrected chi connectivity index (χ4v) is 4.50. The highest BCUT2D eigenvalue weighted by atomic mass is 32.2. The van der Waals surface area contributed by atoms with Crippen LogP contribution in [-0.2, 0) is 0 Å². The average molecular weight is 315 g/mol. The van der Waals surface area contributed by atoms with Gasteiger partial charge < -0.3 is 0 Å². The number of thioether (sulfide) groups is 1. The van der Waals surface area contributed by atoms with Gasteiger partial charge in [0.05, 0.1) is 0 Å². The van der Waals surface area contributed by atoms with E-state index in [-0.39, 0.29) is 0 Å². The predicted molar refractivity (Wildman–Crippen MR) is 102 cm³/mol. The van der Waals surface area contributed by atoms with Crippen molar-refractivity contribution in [3.05, 3.63) is 0 Å². The maximum atomic E-state index is 2.55. The van der Waals surface area contributed by atoms with E-state index in [4.69, 9.17) is 0 Å². The molecule has 0 radical (unpaired) electrons. The molecule has 0 fully saturated rings. The van der Waals surface area contributed by atoms with Gasteiger partial charge in [0, 0.05) is 4.75 Å². The van der Waals surface area contributed by atoms with Gasteiger partial charge in [-0.15, -0.1) is 0 Å². The Morgan fingerprint density at radius 2 is 1.24 bits per heavy atom. The molecule has 0 aromatic carbocycles. The predicted octanol–water partition coefficient (Wildman–Crippen LogP) is 7.86. The van der Waals surface area contributed by atoms with Crippen LogP contribution in [-0.4, -0.2) is 10.5 Å². The van der Waals surface area contributed by atoms with Crippen molar-refractivity contribution in [1.82, 2.24) is 0 Å². The van der Waals surface area contributed by atoms with Crippen molar-refractivity contribution in [1.29, 1.82) is 0 Å². The largest absolute Gasteiger partial charge is 0.155 e. The minimum Gasteiger partial charge on any atom is -0.155 e. The van der Waals surface area contributed by atoms with E-state index < -0.39 is 0 Å². The Balaban J connectivity index is 4.04. The van der Waals surface area contributed by atoms with Crippen molar-refractivity contribution in [2.24, 2.45) is 5.92 Å². The second-order valence-corrected chi connectivity index (χ2v) is 9.14. The molecule has 0 saturated carbocycles. The third-order valence-electron chi connectivity index (χ3n) is 4.51. The van der Waals surface area contributed by atoms with Gasteiger partial charge >= 0.3 is 0 Å². The van der Waals surface area contributed by atoms with Gasteiger partial charge in [0.1, 0.15) is 0 Å². The van der Waals surface area contributed by atoms with Gasteiger partial charge in [0.15, 0.2) is 0 Å². The summed E-state index contributed by atoms with van der Waals surface area (Å²) in [5.41, 5.74) is 0. The van der Waals surface area contributed by atoms with Gasteiger partial charge in [-0.1, -0.05) is 92.4 Å². The Hall–Kier alpha value is 0.350. The molecule has 1 atom stereocenters. The zero-order chi connectivity index (χ0) is 16.0. The molecule has 0 bridgehead atoms. The van der Waals surface area contributed by atoms with E-state index in [0.29, 0.717) is 4.75 Å². The number of unbranched alkanes of at least 4 members (excludes halogenated alkanes) is 7. The van der Waals surface area contributed by atoms with Crippen molar-refractivity contribution in [3.63, 3.8) is 0 Å². The molecule has 0 saturated heterocycles. The molecule has 0 amide bonds. The highest BCUT2D eigenvalue weighted by Crippen LogP contribution is 2.37. The van der Waals surface area contributed by atoms with Gasteiger partial charge in [0.25, 0.3) is 0 Å². The van der Waals surface area contributed by atoms with Gasteiger partial charge in [-0.2, -0.15) is 11.8 Å². The fraction of sp³-hybridized carbons (Fsp3) is 1.00. The molecule has 21 heavy (non-hydrogen) atoms. The first-order chi connectivity index (χ1) is 10.0. The molecule has 128 valence electrons. The van der Waals surface area contributed by atoms with Crippen LogP contribution in [0.4, 0.5) is 0 Å². The van der Waals surface area contributed by atoms with Crippen LogP contribution in [0.15, 0.2) is 0 Å². The third-order valence-corrected chi connectivity index (χ3v) is 6.06. The molecular formula is C20H42S. The monoisotopic (exact) mass is 314 g/mol. The molecule has 0 aliphatic heterocycles. The first kappa shape index (κ1) is 21.4. The van der Waals surface area contributed by atoms with Crippen LogP contribution in [0, 0.1) is 5.92 Å². The Kier molecular flexibility index (Phi) is 14.2. The molecule has 0 aromatic heterocycles. The first-order valence-electron chi connectivity index (χ1n) is 9.68. The SMILES string of the molecule is CCCCCCCC(C)(CCCCCC)SCCC(C)C. The molecule has 0 rings (SSSR count). The lowest BCUT2D eigenvalue weighted by Crippen LogP contribution is -2.21. The van der Waals surface area contributed by atoms with Gasteiger partial charge in [-0.3, -0.25) is 0 Å². The topological polar surface area (TPSA) is 0 Å². The maximum Gasteiger partial charge on any atom is 0.0131 e. The van der Waals surface area contributed by atoms with Crippen LogP contribution < -0.4 is 0 Å². The van der Waals surface area contributed by atoms with Crippen molar-refractivity contribution >= 4 is 11.8 Å². The second kappa shape index (κ2) is 14.0. The minimum absolute atomic E-state index is 0.550. The molecule has 0 N–H and O–H groups in total. The van der Waals surface area contributed by atoms with Gasteiger partial charge in [0.2, 0.25) is 0 Å². The Labute approximate surface area is 140 Å². The van der Waals surface area contributed by atoms with E-state index >= 15 is 0 Å². The van der Waals surface area contributed by atoms with Crippen LogP contribution in [0.5, 0.6) is 0 Å². The van der Waals surface area contributed by atoms with Crippen LogP contribution in [0.2, 0.25) is 0 Å². The standard InChI is InChI=1S/C20H42S/c1-6-8-10-12-14-17-20(5,16-13-11-9-7-2)21-18-15-19(3)4/h19H,6-18H2,1-5H3. The fourth-order valence-electron chi connectivity index (χ4n) is 2.84. The van der Waals surface area contributed by atoms with E-state index in [9.17, 15) is 0 Å². The van der Waals surface area contributed by atoms with Crippen molar-refractivity contribution in [2.45, 2.75) is 116 Å². The van der Waals surface area contributed by atoms with Gasteiger partial charge in [-0.25, -0.2) is 0 Å². The van der Waals surface area contributed by atoms with E-state index in [2.05, 4.69) is 46.4 Å². The highest BCUT2D eigenvalue weighted by Gasteiger charge is 2.23. The lowest BCUT2D eigenvalue weighted by atomic mass is 9.95. The average Bonchev–Trinajstić information content (AvgIpc) is 2.43. The van der Waals surface area contributed by atoms with Crippen LogP contribution >= 0.6 is 11.8 Å². The molecule has 0 nitrogen and oxygen atoms in total. The molecule has 0 aliphatic carbocycles. The molecule has 0 aliphatic rings. The Bertz CT molecular complexity index is 212. The second-order valence-electron chi connectivity index (χ2n) is 7.46. The normalized spacial score (nSPS) is 14.6. The summed E-state index contributed by atoms with van der Waals surface area (Å²) in [6.45, 7) is 11.9. The quantitative estimate of drug-likeness (QED) is 0.277. The van der Waals surface area contributed by atoms with Crippen molar-refractivity contribution in [2.75, 3.05) is 5.75 Å². The Morgan fingerprint density at radius 3 is 1.71 bits per heavy atom. The minimum atomic E-state index is 0.550. The zero-order valence-electron chi connectivity index (χ0n) is 15.7. The van der Waals surface area contributed by atoms with Gasteiger partial charge in [-0.05, 0) is 30.9 Å². The lowest BCUT2D eigenvalue weighted by Gasteiger charge is -2.30. The highest BCUT2D eigenvalue weighted by molar-refractivity contribution is 8.00. The Morgan fingerprint density at radius 1 is 0.762 bits per heavy atom. The van der Waals surface area contributed by atoms with E-state index in [0.717, 1.165) is 5.92 Å². The zero-order valence-corrected chi connectivity index (χ0v) is 16.5. The molecule has 0 spiro atoms. The van der Waals surface area contributed by atoms with E-state index in [1.807, 2.05) is 0 Å². The third kappa shape index (κ3) is 13.7. The summed E-state index contributed by atoms with van der Waals surface area (Å²) in [7, 11) is 0. The van der Waals surface area contributed by atoms with E-state index in [1.54, 1.807) is 0 Å². The number of hydrogen-bond donors (Lipinski definition) is 0. The van der Waals surface area contributed by atoms with Crippen LogP contribution in [0.3, 0.4) is 0 Å². The molecule has 1 unspecified atom stereocenters. The molecular weight excluding hydrogens is 272 g/mol. The lowest BCUT2D eigenvalue weighted by molar-refractivity contribution is 0.470. The maximum absolute atomic E-state index is 2.55. The summed E-state index contributed by atoms with van der Waals surface area (Å²) < 4.78 is 0.550. The van der Waals surface area contributed by atoms with E-state index in [1.165, 1.54) is 82.8 Å². The van der Waals surface area contributed by atoms with Crippen LogP contribution in [0.1, 0.15) is 112 Å². The smallest absolute Gasteiger partial charge is 0.0131 e.